The fourth-order valence-corrected chi connectivity index (χ4v) is 1.45. The van der Waals surface area contributed by atoms with Crippen LogP contribution in [-0.2, 0) is 14.3 Å². The van der Waals surface area contributed by atoms with Gasteiger partial charge in [-0.15, -0.1) is 0 Å². The van der Waals surface area contributed by atoms with E-state index >= 15 is 0 Å². The molecule has 0 aromatic heterocycles. The summed E-state index contributed by atoms with van der Waals surface area (Å²) in [6.45, 7) is 2.98. The van der Waals surface area contributed by atoms with Gasteiger partial charge in [-0.3, -0.25) is 4.79 Å². The van der Waals surface area contributed by atoms with Gasteiger partial charge in [0.15, 0.2) is 23.3 Å². The number of halogens is 4. The zero-order chi connectivity index (χ0) is 16.9. The van der Waals surface area contributed by atoms with Gasteiger partial charge in [0.05, 0.1) is 18.8 Å². The van der Waals surface area contributed by atoms with Crippen LogP contribution < -0.4 is 0 Å². The van der Waals surface area contributed by atoms with E-state index in [1.165, 1.54) is 6.92 Å². The van der Waals surface area contributed by atoms with Crippen LogP contribution in [0, 0.1) is 23.3 Å². The average Bonchev–Trinajstić information content (AvgIpc) is 2.49. The molecule has 0 heterocycles. The Morgan fingerprint density at radius 2 is 1.68 bits per heavy atom. The Kier molecular flexibility index (Phi) is 6.09. The van der Waals surface area contributed by atoms with Gasteiger partial charge in [-0.2, -0.15) is 0 Å². The normalized spacial score (nSPS) is 11.3. The number of carbonyl (C=O) groups excluding carboxylic acids is 2. The second-order valence-corrected chi connectivity index (χ2v) is 3.88. The molecule has 0 spiro atoms. The lowest BCUT2D eigenvalue weighted by Gasteiger charge is -2.08. The lowest BCUT2D eigenvalue weighted by atomic mass is 10.0. The zero-order valence-corrected chi connectivity index (χ0v) is 11.7. The van der Waals surface area contributed by atoms with Gasteiger partial charge in [0, 0.05) is 0 Å². The molecule has 0 aliphatic heterocycles. The second kappa shape index (κ2) is 7.58. The van der Waals surface area contributed by atoms with Gasteiger partial charge in [-0.25, -0.2) is 22.4 Å². The van der Waals surface area contributed by atoms with Crippen molar-refractivity contribution in [2.75, 3.05) is 13.2 Å². The third kappa shape index (κ3) is 3.63. The molecule has 8 heteroatoms. The molecule has 4 nitrogen and oxygen atoms in total. The van der Waals surface area contributed by atoms with Crippen LogP contribution in [0.5, 0.6) is 0 Å². The van der Waals surface area contributed by atoms with Crippen molar-refractivity contribution in [1.29, 1.82) is 0 Å². The van der Waals surface area contributed by atoms with Gasteiger partial charge < -0.3 is 9.47 Å². The monoisotopic (exact) mass is 320 g/mol. The topological polar surface area (TPSA) is 52.6 Å². The van der Waals surface area contributed by atoms with Crippen LogP contribution in [0.3, 0.4) is 0 Å². The van der Waals surface area contributed by atoms with Crippen LogP contribution in [0.15, 0.2) is 17.9 Å². The highest BCUT2D eigenvalue weighted by atomic mass is 19.2. The minimum absolute atomic E-state index is 0.0742. The van der Waals surface area contributed by atoms with Gasteiger partial charge in [0.25, 0.3) is 0 Å². The molecule has 120 valence electrons. The summed E-state index contributed by atoms with van der Waals surface area (Å²) in [4.78, 5) is 23.7. The minimum atomic E-state index is -2.15. The molecule has 0 saturated carbocycles. The maximum Gasteiger partial charge on any atom is 0.345 e. The molecule has 1 aromatic rings. The summed E-state index contributed by atoms with van der Waals surface area (Å²) in [5, 5.41) is 0. The molecule has 0 saturated heterocycles. The van der Waals surface area contributed by atoms with E-state index in [0.29, 0.717) is 6.26 Å². The largest absolute Gasteiger partial charge is 0.500 e. The predicted molar refractivity (Wildman–Crippen MR) is 66.9 cm³/mol. The van der Waals surface area contributed by atoms with Crippen molar-refractivity contribution < 1.29 is 36.6 Å². The predicted octanol–water partition coefficient (Wildman–Crippen LogP) is 2.91. The molecule has 1 aromatic carbocycles. The Bertz CT molecular complexity index is 626. The number of hydrogen-bond donors (Lipinski definition) is 0. The van der Waals surface area contributed by atoms with Gasteiger partial charge >= 0.3 is 5.97 Å². The Morgan fingerprint density at radius 1 is 1.05 bits per heavy atom. The molecule has 0 bridgehead atoms. The minimum Gasteiger partial charge on any atom is -0.500 e. The molecule has 0 N–H and O–H groups in total. The van der Waals surface area contributed by atoms with Gasteiger partial charge in [-0.05, 0) is 19.9 Å². The summed E-state index contributed by atoms with van der Waals surface area (Å²) >= 11 is 0. The quantitative estimate of drug-likeness (QED) is 0.0931. The second-order valence-electron chi connectivity index (χ2n) is 3.88. The highest BCUT2D eigenvalue weighted by Gasteiger charge is 2.29. The molecule has 1 rings (SSSR count). The van der Waals surface area contributed by atoms with Crippen molar-refractivity contribution in [2.45, 2.75) is 13.8 Å². The Morgan fingerprint density at radius 3 is 2.23 bits per heavy atom. The number of hydrogen-bond acceptors (Lipinski definition) is 4. The SMILES string of the molecule is CCO/C=C(\C(=O)OCC)C(=O)c1cc(F)c(F)c(F)c1F. The van der Waals surface area contributed by atoms with Gasteiger partial charge in [-0.1, -0.05) is 0 Å². The summed E-state index contributed by atoms with van der Waals surface area (Å²) in [6, 6.07) is 0.162. The van der Waals surface area contributed by atoms with Crippen LogP contribution >= 0.6 is 0 Å². The van der Waals surface area contributed by atoms with Gasteiger partial charge in [0.1, 0.15) is 11.8 Å². The Labute approximate surface area is 123 Å². The third-order valence-electron chi connectivity index (χ3n) is 2.46. The van der Waals surface area contributed by atoms with Crippen LogP contribution in [-0.4, -0.2) is 25.0 Å². The van der Waals surface area contributed by atoms with E-state index in [-0.39, 0.29) is 19.3 Å². The van der Waals surface area contributed by atoms with Gasteiger partial charge in [0.2, 0.25) is 5.78 Å². The van der Waals surface area contributed by atoms with Crippen molar-refractivity contribution in [3.05, 3.63) is 46.7 Å². The molecule has 0 aliphatic carbocycles. The van der Waals surface area contributed by atoms with E-state index in [1.54, 1.807) is 6.92 Å². The van der Waals surface area contributed by atoms with Crippen molar-refractivity contribution in [3.63, 3.8) is 0 Å². The number of ketones is 1. The molecular formula is C14H12F4O4. The van der Waals surface area contributed by atoms with Crippen molar-refractivity contribution in [3.8, 4) is 0 Å². The summed E-state index contributed by atoms with van der Waals surface area (Å²) in [7, 11) is 0. The Hall–Kier alpha value is -2.38. The number of benzene rings is 1. The van der Waals surface area contributed by atoms with E-state index in [1.807, 2.05) is 0 Å². The first kappa shape index (κ1) is 17.7. The fourth-order valence-electron chi connectivity index (χ4n) is 1.45. The number of Topliss-reactive ketones (excluding diaryl/α,β-unsaturated/α-hetero) is 1. The van der Waals surface area contributed by atoms with E-state index in [9.17, 15) is 27.2 Å². The molecule has 22 heavy (non-hydrogen) atoms. The van der Waals surface area contributed by atoms with Crippen LogP contribution in [0.25, 0.3) is 0 Å². The highest BCUT2D eigenvalue weighted by Crippen LogP contribution is 2.21. The molecule has 0 unspecified atom stereocenters. The molecular weight excluding hydrogens is 308 g/mol. The molecule has 0 atom stereocenters. The smallest absolute Gasteiger partial charge is 0.345 e. The molecule has 0 amide bonds. The third-order valence-corrected chi connectivity index (χ3v) is 2.46. The number of ether oxygens (including phenoxy) is 2. The van der Waals surface area contributed by atoms with Crippen molar-refractivity contribution in [1.82, 2.24) is 0 Å². The Balaban J connectivity index is 3.34. The molecule has 0 aliphatic rings. The zero-order valence-electron chi connectivity index (χ0n) is 11.7. The maximum absolute atomic E-state index is 13.6. The average molecular weight is 320 g/mol. The lowest BCUT2D eigenvalue weighted by Crippen LogP contribution is -2.19. The fraction of sp³-hybridized carbons (Fsp3) is 0.286. The number of esters is 1. The summed E-state index contributed by atoms with van der Waals surface area (Å²) in [6.07, 6.45) is 0.693. The van der Waals surface area contributed by atoms with E-state index < -0.39 is 46.2 Å². The molecule has 0 radical (unpaired) electrons. The lowest BCUT2D eigenvalue weighted by molar-refractivity contribution is -0.138. The standard InChI is InChI=1S/C14H12F4O4/c1-3-21-6-8(14(20)22-4-2)13(19)7-5-9(15)11(17)12(18)10(7)16/h5-6H,3-4H2,1-2H3/b8-6-. The number of rotatable bonds is 6. The van der Waals surface area contributed by atoms with Crippen molar-refractivity contribution in [2.24, 2.45) is 0 Å². The van der Waals surface area contributed by atoms with Crippen LogP contribution in [0.4, 0.5) is 17.6 Å². The first-order valence-corrected chi connectivity index (χ1v) is 6.21. The van der Waals surface area contributed by atoms with Crippen LogP contribution in [0.1, 0.15) is 24.2 Å². The van der Waals surface area contributed by atoms with Crippen LogP contribution in [0.2, 0.25) is 0 Å². The first-order chi connectivity index (χ1) is 10.3. The maximum atomic E-state index is 13.6. The number of carbonyl (C=O) groups is 2. The molecule has 0 fully saturated rings. The first-order valence-electron chi connectivity index (χ1n) is 6.21. The summed E-state index contributed by atoms with van der Waals surface area (Å²) in [5.41, 5.74) is -1.91. The summed E-state index contributed by atoms with van der Waals surface area (Å²) in [5.74, 6) is -10.4. The van der Waals surface area contributed by atoms with E-state index in [2.05, 4.69) is 4.74 Å². The highest BCUT2D eigenvalue weighted by molar-refractivity contribution is 6.24. The van der Waals surface area contributed by atoms with E-state index in [0.717, 1.165) is 0 Å². The summed E-state index contributed by atoms with van der Waals surface area (Å²) < 4.78 is 62.1. The van der Waals surface area contributed by atoms with Crippen molar-refractivity contribution >= 4 is 11.8 Å². The van der Waals surface area contributed by atoms with E-state index in [4.69, 9.17) is 4.74 Å².